The van der Waals surface area contributed by atoms with Crippen molar-refractivity contribution in [1.29, 1.82) is 0 Å². The van der Waals surface area contributed by atoms with Gasteiger partial charge in [-0.1, -0.05) is 263 Å². The van der Waals surface area contributed by atoms with Crippen LogP contribution in [0.25, 0.3) is 0 Å². The van der Waals surface area contributed by atoms with Crippen molar-refractivity contribution in [3.8, 4) is 0 Å². The summed E-state index contributed by atoms with van der Waals surface area (Å²) >= 11 is 0. The molecule has 4 aliphatic rings. The van der Waals surface area contributed by atoms with Gasteiger partial charge in [-0.25, -0.2) is 0 Å². The minimum atomic E-state index is -0.832. The maximum Gasteiger partial charge on any atom is 0.493 e. The fraction of sp³-hybridized carbons (Fsp3) is 0.652. The third kappa shape index (κ3) is 11.1. The van der Waals surface area contributed by atoms with Gasteiger partial charge in [-0.15, -0.1) is 0 Å². The third-order valence-electron chi connectivity index (χ3n) is 21.8. The van der Waals surface area contributed by atoms with Crippen molar-refractivity contribution in [2.45, 2.75) is 172 Å². The molecule has 0 saturated carbocycles. The van der Waals surface area contributed by atoms with Gasteiger partial charge in [-0.05, 0) is 87.4 Å². The zero-order chi connectivity index (χ0) is 60.1. The second kappa shape index (κ2) is 21.7. The molecule has 0 N–H and O–H groups in total. The molecule has 0 aromatic heterocycles. The molecule has 440 valence electrons. The predicted molar refractivity (Wildman–Crippen MR) is 339 cm³/mol. The quantitative estimate of drug-likeness (QED) is 0.128. The number of hydrogen-bond donors (Lipinski definition) is 0. The van der Waals surface area contributed by atoms with E-state index in [1.807, 2.05) is 0 Å². The smallest absolute Gasteiger partial charge is 0.407 e. The maximum atomic E-state index is 6.78. The maximum absolute atomic E-state index is 6.78. The van der Waals surface area contributed by atoms with E-state index < -0.39 is 33.9 Å². The van der Waals surface area contributed by atoms with E-state index in [-0.39, 0.29) is 65.0 Å². The van der Waals surface area contributed by atoms with Crippen molar-refractivity contribution in [1.82, 2.24) is 0 Å². The van der Waals surface area contributed by atoms with Crippen LogP contribution in [0.2, 0.25) is 0 Å². The van der Waals surface area contributed by atoms with Crippen LogP contribution in [0.1, 0.15) is 188 Å². The minimum absolute atomic E-state index is 0.0314. The second-order valence-corrected chi connectivity index (χ2v) is 33.4. The standard InChI is InChI=1S/C69H104B4O8/c1-57(2,3)65(58(4,5)6)41-74-70(75-42-65)53-33-25-49(26-34-53)69(50-27-35-54(36-28-50)71-76-43-66(44-77-71,59(7,8)9)60(10,11)12,51-29-37-55(38-30-51)72-78-45-67(46-79-72,61(13,14)15)62(16,17)18)52-31-39-56(40-32-52)73-80-47-68(48-81-73,63(19,20)21)64(22,23)24/h25-40H,41-48H2,1-24H3. The first-order valence-electron chi connectivity index (χ1n) is 30.5. The molecule has 12 heteroatoms. The van der Waals surface area contributed by atoms with E-state index in [9.17, 15) is 0 Å². The molecule has 4 aliphatic heterocycles. The summed E-state index contributed by atoms with van der Waals surface area (Å²) in [4.78, 5) is 0. The lowest BCUT2D eigenvalue weighted by Gasteiger charge is -2.56. The molecule has 4 aromatic rings. The SMILES string of the molecule is CC(C)(C)C1(C(C)(C)C)COB(c2ccc(C(c3ccc(B4OCC(C(C)(C)C)(C(C)(C)C)CO4)cc3)(c3ccc(B4OCC(C(C)(C)C)(C(C)(C)C)CO4)cc3)c3ccc(B4OCC(C(C)(C)C)(C(C)(C)C)CO4)cc3)cc2)OC1. The average Bonchev–Trinajstić information content (AvgIpc) is 3.38. The van der Waals surface area contributed by atoms with Gasteiger partial charge < -0.3 is 37.2 Å². The van der Waals surface area contributed by atoms with Crippen LogP contribution in [-0.4, -0.2) is 81.3 Å². The fourth-order valence-electron chi connectivity index (χ4n) is 15.4. The minimum Gasteiger partial charge on any atom is -0.407 e. The highest BCUT2D eigenvalue weighted by Gasteiger charge is 2.58. The van der Waals surface area contributed by atoms with Crippen molar-refractivity contribution in [2.75, 3.05) is 52.9 Å². The van der Waals surface area contributed by atoms with Gasteiger partial charge in [0.05, 0.1) is 5.41 Å². The van der Waals surface area contributed by atoms with Crippen molar-refractivity contribution in [3.63, 3.8) is 0 Å². The number of hydrogen-bond acceptors (Lipinski definition) is 8. The molecule has 81 heavy (non-hydrogen) atoms. The van der Waals surface area contributed by atoms with Crippen molar-refractivity contribution in [2.24, 2.45) is 65.0 Å². The molecule has 8 rings (SSSR count). The lowest BCUT2D eigenvalue weighted by Crippen LogP contribution is -2.60. The van der Waals surface area contributed by atoms with Gasteiger partial charge in [-0.3, -0.25) is 0 Å². The first kappa shape index (κ1) is 63.8. The lowest BCUT2D eigenvalue weighted by molar-refractivity contribution is -0.130. The van der Waals surface area contributed by atoms with Crippen LogP contribution in [0.4, 0.5) is 0 Å². The highest BCUT2D eigenvalue weighted by molar-refractivity contribution is 6.62. The van der Waals surface area contributed by atoms with Gasteiger partial charge in [-0.2, -0.15) is 0 Å². The Morgan fingerprint density at radius 2 is 0.346 bits per heavy atom. The average molecular weight is 1100 g/mol. The molecule has 4 aromatic carbocycles. The van der Waals surface area contributed by atoms with Crippen LogP contribution in [0.3, 0.4) is 0 Å². The molecule has 4 heterocycles. The van der Waals surface area contributed by atoms with Crippen LogP contribution in [0, 0.1) is 65.0 Å². The van der Waals surface area contributed by atoms with Gasteiger partial charge >= 0.3 is 28.5 Å². The molecule has 8 nitrogen and oxygen atoms in total. The van der Waals surface area contributed by atoms with E-state index in [1.165, 1.54) is 0 Å². The largest absolute Gasteiger partial charge is 0.493 e. The molecular weight excluding hydrogens is 1000 g/mol. The Hall–Kier alpha value is -3.18. The summed E-state index contributed by atoms with van der Waals surface area (Å²) in [5.41, 5.74) is 6.56. The molecule has 0 radical (unpaired) electrons. The van der Waals surface area contributed by atoms with Gasteiger partial charge in [0.1, 0.15) is 0 Å². The van der Waals surface area contributed by atoms with E-state index in [0.717, 1.165) is 44.1 Å². The Morgan fingerprint density at radius 3 is 0.457 bits per heavy atom. The zero-order valence-electron chi connectivity index (χ0n) is 55.0. The van der Waals surface area contributed by atoms with Crippen LogP contribution in [-0.2, 0) is 42.6 Å². The summed E-state index contributed by atoms with van der Waals surface area (Å²) in [7, 11) is -1.98. The summed E-state index contributed by atoms with van der Waals surface area (Å²) in [6.45, 7) is 60.3. The summed E-state index contributed by atoms with van der Waals surface area (Å²) in [6.07, 6.45) is 0. The summed E-state index contributed by atoms with van der Waals surface area (Å²) in [5, 5.41) is 0. The molecule has 0 aliphatic carbocycles. The molecule has 0 spiro atoms. The Bertz CT molecular complexity index is 2290. The second-order valence-electron chi connectivity index (χ2n) is 33.4. The van der Waals surface area contributed by atoms with Crippen molar-refractivity contribution < 1.29 is 37.2 Å². The predicted octanol–water partition coefficient (Wildman–Crippen LogP) is 13.4. The highest BCUT2D eigenvalue weighted by atomic mass is 16.6. The monoisotopic (exact) mass is 1100 g/mol. The Morgan fingerprint density at radius 1 is 0.222 bits per heavy atom. The van der Waals surface area contributed by atoms with Gasteiger partial charge in [0, 0.05) is 74.5 Å². The van der Waals surface area contributed by atoms with E-state index >= 15 is 0 Å². The highest BCUT2D eigenvalue weighted by Crippen LogP contribution is 2.57. The first-order chi connectivity index (χ1) is 37.1. The third-order valence-corrected chi connectivity index (χ3v) is 21.8. The van der Waals surface area contributed by atoms with Crippen LogP contribution in [0.15, 0.2) is 97.1 Å². The van der Waals surface area contributed by atoms with Crippen molar-refractivity contribution >= 4 is 50.3 Å². The van der Waals surface area contributed by atoms with E-state index in [0.29, 0.717) is 52.9 Å². The molecule has 0 amide bonds. The molecular formula is C69H104B4O8. The zero-order valence-corrected chi connectivity index (χ0v) is 55.0. The molecule has 0 bridgehead atoms. The molecule has 0 atom stereocenters. The Labute approximate surface area is 493 Å². The number of benzene rings is 4. The van der Waals surface area contributed by atoms with Gasteiger partial charge in [0.15, 0.2) is 0 Å². The van der Waals surface area contributed by atoms with Gasteiger partial charge in [0.25, 0.3) is 0 Å². The molecule has 0 unspecified atom stereocenters. The summed E-state index contributed by atoms with van der Waals surface area (Å²) < 4.78 is 54.2. The Kier molecular flexibility index (Phi) is 17.1. The topological polar surface area (TPSA) is 73.8 Å². The fourth-order valence-corrected chi connectivity index (χ4v) is 15.4. The van der Waals surface area contributed by atoms with E-state index in [2.05, 4.69) is 263 Å². The number of rotatable bonds is 8. The van der Waals surface area contributed by atoms with Crippen LogP contribution >= 0.6 is 0 Å². The lowest BCUT2D eigenvalue weighted by atomic mass is 9.53. The van der Waals surface area contributed by atoms with Gasteiger partial charge in [0.2, 0.25) is 0 Å². The molecule has 4 saturated heterocycles. The summed E-state index contributed by atoms with van der Waals surface area (Å²) in [6, 6.07) is 35.8. The van der Waals surface area contributed by atoms with Crippen molar-refractivity contribution in [3.05, 3.63) is 119 Å². The molecule has 4 fully saturated rings. The van der Waals surface area contributed by atoms with E-state index in [4.69, 9.17) is 37.2 Å². The summed E-state index contributed by atoms with van der Waals surface area (Å²) in [5.74, 6) is 0. The van der Waals surface area contributed by atoms with Crippen LogP contribution < -0.4 is 21.9 Å². The van der Waals surface area contributed by atoms with Crippen LogP contribution in [0.5, 0.6) is 0 Å². The normalized spacial score (nSPS) is 20.8. The Balaban J connectivity index is 1.24. The first-order valence-corrected chi connectivity index (χ1v) is 30.5. The van der Waals surface area contributed by atoms with E-state index in [1.54, 1.807) is 0 Å².